The van der Waals surface area contributed by atoms with Crippen molar-refractivity contribution >= 4 is 21.6 Å². The fourth-order valence-corrected chi connectivity index (χ4v) is 4.69. The molecule has 1 atom stereocenters. The van der Waals surface area contributed by atoms with Crippen LogP contribution < -0.4 is 14.4 Å². The van der Waals surface area contributed by atoms with Crippen molar-refractivity contribution in [2.45, 2.75) is 44.8 Å². The molecular weight excluding hydrogens is 407 g/mol. The first kappa shape index (κ1) is 22.1. The molecule has 8 heteroatoms. The Labute approximate surface area is 177 Å². The third-order valence-electron chi connectivity index (χ3n) is 5.63. The highest BCUT2D eigenvalue weighted by atomic mass is 32.2. The first-order valence-corrected chi connectivity index (χ1v) is 11.8. The van der Waals surface area contributed by atoms with E-state index in [1.165, 1.54) is 18.2 Å². The zero-order valence-corrected chi connectivity index (χ0v) is 18.2. The van der Waals surface area contributed by atoms with E-state index in [2.05, 4.69) is 5.32 Å². The molecule has 0 saturated carbocycles. The Hall–Kier alpha value is -2.61. The van der Waals surface area contributed by atoms with Gasteiger partial charge in [0, 0.05) is 12.0 Å². The highest BCUT2D eigenvalue weighted by Gasteiger charge is 2.39. The molecular formula is C22H27FN2O4S. The van der Waals surface area contributed by atoms with Crippen molar-refractivity contribution in [3.05, 3.63) is 59.9 Å². The number of anilines is 1. The molecule has 0 unspecified atom stereocenters. The maximum Gasteiger partial charge on any atom is 0.241 e. The van der Waals surface area contributed by atoms with Crippen LogP contribution >= 0.6 is 0 Å². The molecule has 1 aliphatic heterocycles. The number of nitrogens with zero attached hydrogens (tertiary/aromatic N) is 1. The smallest absolute Gasteiger partial charge is 0.241 e. The van der Waals surface area contributed by atoms with Gasteiger partial charge in [0.2, 0.25) is 15.9 Å². The standard InChI is InChI=1S/C22H27FN2O4S/c1-4-22(5-2)14-18(16-10-6-9-13-20(16)29-22)24-21(26)15-25(30(3,27)28)19-12-8-7-11-17(19)23/h6-13,18H,4-5,14-15H2,1-3H3,(H,24,26)/t18-/m0/s1. The van der Waals surface area contributed by atoms with Gasteiger partial charge in [-0.15, -0.1) is 0 Å². The van der Waals surface area contributed by atoms with Gasteiger partial charge in [0.1, 0.15) is 23.7 Å². The summed E-state index contributed by atoms with van der Waals surface area (Å²) in [5.41, 5.74) is 0.285. The van der Waals surface area contributed by atoms with E-state index >= 15 is 0 Å². The number of sulfonamides is 1. The zero-order valence-electron chi connectivity index (χ0n) is 17.4. The van der Waals surface area contributed by atoms with E-state index in [1.807, 2.05) is 38.1 Å². The number of benzene rings is 2. The lowest BCUT2D eigenvalue weighted by Gasteiger charge is -2.41. The van der Waals surface area contributed by atoms with Gasteiger partial charge in [-0.05, 0) is 31.0 Å². The van der Waals surface area contributed by atoms with Crippen LogP contribution in [-0.4, -0.2) is 32.7 Å². The SMILES string of the molecule is CCC1(CC)C[C@H](NC(=O)CN(c2ccccc2F)S(C)(=O)=O)c2ccccc2O1. The van der Waals surface area contributed by atoms with Gasteiger partial charge in [0.25, 0.3) is 0 Å². The zero-order chi connectivity index (χ0) is 21.9. The van der Waals surface area contributed by atoms with E-state index in [0.29, 0.717) is 12.2 Å². The van der Waals surface area contributed by atoms with Gasteiger partial charge in [0.05, 0.1) is 18.0 Å². The minimum absolute atomic E-state index is 0.154. The van der Waals surface area contributed by atoms with Crippen molar-refractivity contribution in [3.63, 3.8) is 0 Å². The number of para-hydroxylation sites is 2. The highest BCUT2D eigenvalue weighted by Crippen LogP contribution is 2.42. The molecule has 0 spiro atoms. The number of hydrogen-bond donors (Lipinski definition) is 1. The fourth-order valence-electron chi connectivity index (χ4n) is 3.84. The Bertz CT molecular complexity index is 1020. The first-order valence-electron chi connectivity index (χ1n) is 9.98. The molecule has 0 aliphatic carbocycles. The summed E-state index contributed by atoms with van der Waals surface area (Å²) < 4.78 is 45.8. The lowest BCUT2D eigenvalue weighted by Crippen LogP contribution is -2.47. The molecule has 1 heterocycles. The van der Waals surface area contributed by atoms with E-state index in [1.54, 1.807) is 0 Å². The lowest BCUT2D eigenvalue weighted by atomic mass is 9.83. The van der Waals surface area contributed by atoms with Crippen LogP contribution in [0.5, 0.6) is 5.75 Å². The quantitative estimate of drug-likeness (QED) is 0.719. The summed E-state index contributed by atoms with van der Waals surface area (Å²) in [6.07, 6.45) is 3.07. The van der Waals surface area contributed by atoms with Gasteiger partial charge in [-0.3, -0.25) is 9.10 Å². The van der Waals surface area contributed by atoms with Crippen molar-refractivity contribution < 1.29 is 22.3 Å². The number of halogens is 1. The van der Waals surface area contributed by atoms with Crippen molar-refractivity contribution in [1.29, 1.82) is 0 Å². The molecule has 0 bridgehead atoms. The molecule has 2 aromatic rings. The summed E-state index contributed by atoms with van der Waals surface area (Å²) in [6, 6.07) is 12.7. The predicted octanol–water partition coefficient (Wildman–Crippen LogP) is 3.79. The Balaban J connectivity index is 1.86. The highest BCUT2D eigenvalue weighted by molar-refractivity contribution is 7.92. The second-order valence-corrected chi connectivity index (χ2v) is 9.48. The number of rotatable bonds is 7. The first-order chi connectivity index (χ1) is 14.2. The summed E-state index contributed by atoms with van der Waals surface area (Å²) in [5, 5.41) is 2.94. The number of amides is 1. The van der Waals surface area contributed by atoms with Gasteiger partial charge in [-0.2, -0.15) is 0 Å². The van der Waals surface area contributed by atoms with Crippen molar-refractivity contribution in [2.75, 3.05) is 17.1 Å². The number of nitrogens with one attached hydrogen (secondary N) is 1. The van der Waals surface area contributed by atoms with E-state index < -0.39 is 33.9 Å². The fraction of sp³-hybridized carbons (Fsp3) is 0.409. The van der Waals surface area contributed by atoms with Crippen molar-refractivity contribution in [1.82, 2.24) is 5.32 Å². The Morgan fingerprint density at radius 3 is 2.43 bits per heavy atom. The molecule has 1 aliphatic rings. The van der Waals surface area contributed by atoms with Crippen LogP contribution in [0.25, 0.3) is 0 Å². The van der Waals surface area contributed by atoms with Crippen LogP contribution in [0.3, 0.4) is 0 Å². The summed E-state index contributed by atoms with van der Waals surface area (Å²) in [4.78, 5) is 12.9. The van der Waals surface area contributed by atoms with Crippen LogP contribution in [-0.2, 0) is 14.8 Å². The van der Waals surface area contributed by atoms with E-state index in [0.717, 1.165) is 35.0 Å². The Morgan fingerprint density at radius 1 is 1.17 bits per heavy atom. The average molecular weight is 435 g/mol. The molecule has 1 N–H and O–H groups in total. The predicted molar refractivity (Wildman–Crippen MR) is 114 cm³/mol. The topological polar surface area (TPSA) is 75.7 Å². The maximum absolute atomic E-state index is 14.2. The number of carbonyl (C=O) groups excluding carboxylic acids is 1. The van der Waals surface area contributed by atoms with Gasteiger partial charge < -0.3 is 10.1 Å². The van der Waals surface area contributed by atoms with Crippen molar-refractivity contribution in [3.8, 4) is 5.75 Å². The largest absolute Gasteiger partial charge is 0.487 e. The van der Waals surface area contributed by atoms with Gasteiger partial charge in [-0.1, -0.05) is 44.2 Å². The third-order valence-corrected chi connectivity index (χ3v) is 6.76. The van der Waals surface area contributed by atoms with Crippen LogP contribution in [0.1, 0.15) is 44.7 Å². The van der Waals surface area contributed by atoms with Gasteiger partial charge in [0.15, 0.2) is 0 Å². The molecule has 0 radical (unpaired) electrons. The Kier molecular flexibility index (Phi) is 6.36. The molecule has 6 nitrogen and oxygen atoms in total. The summed E-state index contributed by atoms with van der Waals surface area (Å²) in [7, 11) is -3.86. The number of ether oxygens (including phenoxy) is 1. The van der Waals surface area contributed by atoms with Crippen LogP contribution in [0.2, 0.25) is 0 Å². The van der Waals surface area contributed by atoms with Crippen LogP contribution in [0, 0.1) is 5.82 Å². The second kappa shape index (κ2) is 8.63. The average Bonchev–Trinajstić information content (AvgIpc) is 2.71. The van der Waals surface area contributed by atoms with Crippen LogP contribution in [0.4, 0.5) is 10.1 Å². The maximum atomic E-state index is 14.2. The van der Waals surface area contributed by atoms with E-state index in [4.69, 9.17) is 4.74 Å². The Morgan fingerprint density at radius 2 is 1.80 bits per heavy atom. The molecule has 0 aromatic heterocycles. The summed E-state index contributed by atoms with van der Waals surface area (Å²) in [6.45, 7) is 3.57. The molecule has 0 saturated heterocycles. The second-order valence-electron chi connectivity index (χ2n) is 7.58. The summed E-state index contributed by atoms with van der Waals surface area (Å²) in [5.74, 6) is -0.499. The normalized spacial score (nSPS) is 17.5. The lowest BCUT2D eigenvalue weighted by molar-refractivity contribution is -0.121. The molecule has 0 fully saturated rings. The van der Waals surface area contributed by atoms with Crippen molar-refractivity contribution in [2.24, 2.45) is 0 Å². The number of carbonyl (C=O) groups is 1. The minimum Gasteiger partial charge on any atom is -0.487 e. The molecule has 30 heavy (non-hydrogen) atoms. The van der Waals surface area contributed by atoms with Gasteiger partial charge in [-0.25, -0.2) is 12.8 Å². The number of hydrogen-bond acceptors (Lipinski definition) is 4. The molecule has 3 rings (SSSR count). The summed E-state index contributed by atoms with van der Waals surface area (Å²) >= 11 is 0. The molecule has 2 aromatic carbocycles. The van der Waals surface area contributed by atoms with Crippen LogP contribution in [0.15, 0.2) is 48.5 Å². The molecule has 1 amide bonds. The van der Waals surface area contributed by atoms with Gasteiger partial charge >= 0.3 is 0 Å². The minimum atomic E-state index is -3.86. The molecule has 162 valence electrons. The number of fused-ring (bicyclic) bond motifs is 1. The third kappa shape index (κ3) is 4.59. The monoisotopic (exact) mass is 434 g/mol. The van der Waals surface area contributed by atoms with E-state index in [9.17, 15) is 17.6 Å². The van der Waals surface area contributed by atoms with E-state index in [-0.39, 0.29) is 11.7 Å².